The second-order valence-electron chi connectivity index (χ2n) is 3.40. The third-order valence-electron chi connectivity index (χ3n) is 2.35. The Balaban J connectivity index is 2.17. The molecule has 1 heteroatoms. The Hall–Kier alpha value is -1.50. The van der Waals surface area contributed by atoms with Crippen molar-refractivity contribution < 1.29 is 4.42 Å². The fraction of sp³-hybridized carbons (Fsp3) is 0.231. The van der Waals surface area contributed by atoms with Crippen LogP contribution in [-0.4, -0.2) is 0 Å². The summed E-state index contributed by atoms with van der Waals surface area (Å²) in [5.74, 6) is 0. The summed E-state index contributed by atoms with van der Waals surface area (Å²) in [6, 6.07) is 8.38. The second kappa shape index (κ2) is 4.14. The maximum absolute atomic E-state index is 5.28. The molecule has 1 heterocycles. The van der Waals surface area contributed by atoms with Gasteiger partial charge in [-0.2, -0.15) is 0 Å². The van der Waals surface area contributed by atoms with Crippen molar-refractivity contribution in [2.45, 2.75) is 19.8 Å². The normalized spacial score (nSPS) is 11.5. The van der Waals surface area contributed by atoms with Gasteiger partial charge in [0.15, 0.2) is 0 Å². The lowest BCUT2D eigenvalue weighted by molar-refractivity contribution is 0.616. The molecule has 0 atom stereocenters. The summed E-state index contributed by atoms with van der Waals surface area (Å²) in [5, 5.41) is 1.20. The lowest BCUT2D eigenvalue weighted by Crippen LogP contribution is -1.81. The topological polar surface area (TPSA) is 13.1 Å². The van der Waals surface area contributed by atoms with Crippen LogP contribution in [0.1, 0.15) is 18.9 Å². The predicted octanol–water partition coefficient (Wildman–Crippen LogP) is 3.94. The maximum Gasteiger partial charge on any atom is 0.133 e. The Morgan fingerprint density at radius 3 is 3.07 bits per heavy atom. The van der Waals surface area contributed by atoms with Gasteiger partial charge >= 0.3 is 0 Å². The third-order valence-corrected chi connectivity index (χ3v) is 2.35. The number of fused-ring (bicyclic) bond motifs is 1. The number of benzene rings is 1. The van der Waals surface area contributed by atoms with E-state index >= 15 is 0 Å². The minimum absolute atomic E-state index is 0.972. The molecule has 0 aliphatic rings. The molecule has 0 N–H and O–H groups in total. The number of hydrogen-bond acceptors (Lipinski definition) is 1. The molecule has 2 aromatic rings. The Bertz CT molecular complexity index is 437. The molecule has 0 fully saturated rings. The second-order valence-corrected chi connectivity index (χ2v) is 3.40. The molecule has 14 heavy (non-hydrogen) atoms. The average molecular weight is 186 g/mol. The van der Waals surface area contributed by atoms with E-state index in [0.29, 0.717) is 0 Å². The molecule has 0 spiro atoms. The Labute approximate surface area is 84.0 Å². The van der Waals surface area contributed by atoms with Gasteiger partial charge in [0.05, 0.1) is 6.26 Å². The van der Waals surface area contributed by atoms with Crippen LogP contribution in [0.5, 0.6) is 0 Å². The van der Waals surface area contributed by atoms with E-state index in [1.165, 1.54) is 10.9 Å². The highest BCUT2D eigenvalue weighted by Crippen LogP contribution is 2.17. The highest BCUT2D eigenvalue weighted by molar-refractivity contribution is 5.77. The monoisotopic (exact) mass is 186 g/mol. The van der Waals surface area contributed by atoms with Gasteiger partial charge in [-0.25, -0.2) is 0 Å². The number of allylic oxidation sites excluding steroid dienone is 2. The first-order chi connectivity index (χ1) is 6.90. The number of rotatable bonds is 3. The maximum atomic E-state index is 5.28. The van der Waals surface area contributed by atoms with Crippen molar-refractivity contribution in [3.63, 3.8) is 0 Å². The van der Waals surface area contributed by atoms with Gasteiger partial charge in [0.2, 0.25) is 0 Å². The van der Waals surface area contributed by atoms with Crippen molar-refractivity contribution in [1.29, 1.82) is 0 Å². The number of furan rings is 1. The van der Waals surface area contributed by atoms with E-state index in [4.69, 9.17) is 4.42 Å². The van der Waals surface area contributed by atoms with E-state index in [2.05, 4.69) is 31.2 Å². The van der Waals surface area contributed by atoms with Gasteiger partial charge in [-0.3, -0.25) is 0 Å². The molecule has 1 nitrogen and oxygen atoms in total. The quantitative estimate of drug-likeness (QED) is 0.662. The Morgan fingerprint density at radius 2 is 2.21 bits per heavy atom. The molecule has 0 amide bonds. The lowest BCUT2D eigenvalue weighted by Gasteiger charge is -1.97. The van der Waals surface area contributed by atoms with Crippen molar-refractivity contribution in [1.82, 2.24) is 0 Å². The van der Waals surface area contributed by atoms with Gasteiger partial charge in [0.25, 0.3) is 0 Å². The van der Waals surface area contributed by atoms with Crippen molar-refractivity contribution in [3.8, 4) is 0 Å². The summed E-state index contributed by atoms with van der Waals surface area (Å²) < 4.78 is 5.28. The van der Waals surface area contributed by atoms with E-state index < -0.39 is 0 Å². The summed E-state index contributed by atoms with van der Waals surface area (Å²) in [6.45, 7) is 2.05. The fourth-order valence-electron chi connectivity index (χ4n) is 1.59. The highest BCUT2D eigenvalue weighted by atomic mass is 16.3. The largest absolute Gasteiger partial charge is 0.464 e. The molecule has 0 aliphatic carbocycles. The third kappa shape index (κ3) is 1.87. The first-order valence-electron chi connectivity index (χ1n) is 4.97. The smallest absolute Gasteiger partial charge is 0.133 e. The Kier molecular flexibility index (Phi) is 2.68. The molecule has 2 rings (SSSR count). The van der Waals surface area contributed by atoms with Crippen molar-refractivity contribution in [3.05, 3.63) is 48.2 Å². The van der Waals surface area contributed by atoms with Crippen molar-refractivity contribution >= 4 is 11.0 Å². The molecule has 1 aromatic carbocycles. The van der Waals surface area contributed by atoms with E-state index in [1.807, 2.05) is 12.1 Å². The predicted molar refractivity (Wildman–Crippen MR) is 59.3 cm³/mol. The van der Waals surface area contributed by atoms with Crippen molar-refractivity contribution in [2.24, 2.45) is 0 Å². The average Bonchev–Trinajstić information content (AvgIpc) is 2.65. The molecule has 72 valence electrons. The lowest BCUT2D eigenvalue weighted by atomic mass is 10.1. The summed E-state index contributed by atoms with van der Waals surface area (Å²) >= 11 is 0. The van der Waals surface area contributed by atoms with Gasteiger partial charge in [0.1, 0.15) is 5.58 Å². The minimum Gasteiger partial charge on any atom is -0.464 e. The van der Waals surface area contributed by atoms with Crippen LogP contribution < -0.4 is 0 Å². The molecule has 0 radical (unpaired) electrons. The number of aryl methyl sites for hydroxylation is 1. The molecule has 0 unspecified atom stereocenters. The van der Waals surface area contributed by atoms with Crippen LogP contribution in [0.4, 0.5) is 0 Å². The first-order valence-corrected chi connectivity index (χ1v) is 4.97. The first kappa shape index (κ1) is 9.07. The standard InChI is InChI=1S/C13H14O/c1-2-3-4-5-11-6-7-13-12(10-11)8-9-14-13/h2-3,6-10H,4-5H2,1H3. The highest BCUT2D eigenvalue weighted by Gasteiger charge is 1.97. The fourth-order valence-corrected chi connectivity index (χ4v) is 1.59. The van der Waals surface area contributed by atoms with Crippen LogP contribution in [-0.2, 0) is 6.42 Å². The Morgan fingerprint density at radius 1 is 1.29 bits per heavy atom. The molecule has 0 saturated heterocycles. The summed E-state index contributed by atoms with van der Waals surface area (Å²) in [5.41, 5.74) is 2.34. The van der Waals surface area contributed by atoms with E-state index in [0.717, 1.165) is 18.4 Å². The van der Waals surface area contributed by atoms with Gasteiger partial charge in [0, 0.05) is 5.39 Å². The molecular weight excluding hydrogens is 172 g/mol. The van der Waals surface area contributed by atoms with Crippen LogP contribution in [0.25, 0.3) is 11.0 Å². The molecule has 0 saturated carbocycles. The minimum atomic E-state index is 0.972. The zero-order valence-corrected chi connectivity index (χ0v) is 8.36. The zero-order chi connectivity index (χ0) is 9.80. The van der Waals surface area contributed by atoms with Crippen molar-refractivity contribution in [2.75, 3.05) is 0 Å². The summed E-state index contributed by atoms with van der Waals surface area (Å²) in [6.07, 6.45) is 8.24. The van der Waals surface area contributed by atoms with Crippen LogP contribution in [0.15, 0.2) is 47.1 Å². The van der Waals surface area contributed by atoms with Crippen LogP contribution in [0.3, 0.4) is 0 Å². The molecule has 1 aromatic heterocycles. The van der Waals surface area contributed by atoms with Gasteiger partial charge in [-0.1, -0.05) is 18.2 Å². The van der Waals surface area contributed by atoms with Crippen LogP contribution >= 0.6 is 0 Å². The van der Waals surface area contributed by atoms with Gasteiger partial charge in [-0.05, 0) is 43.5 Å². The summed E-state index contributed by atoms with van der Waals surface area (Å²) in [7, 11) is 0. The zero-order valence-electron chi connectivity index (χ0n) is 8.36. The van der Waals surface area contributed by atoms with E-state index in [-0.39, 0.29) is 0 Å². The van der Waals surface area contributed by atoms with E-state index in [1.54, 1.807) is 6.26 Å². The van der Waals surface area contributed by atoms with Gasteiger partial charge in [-0.15, -0.1) is 0 Å². The SMILES string of the molecule is CC=CCCc1ccc2occc2c1. The molecule has 0 bridgehead atoms. The summed E-state index contributed by atoms with van der Waals surface area (Å²) in [4.78, 5) is 0. The molecule has 0 aliphatic heterocycles. The van der Waals surface area contributed by atoms with Crippen LogP contribution in [0, 0.1) is 0 Å². The number of hydrogen-bond donors (Lipinski definition) is 0. The van der Waals surface area contributed by atoms with E-state index in [9.17, 15) is 0 Å². The van der Waals surface area contributed by atoms with Crippen LogP contribution in [0.2, 0.25) is 0 Å². The molecular formula is C13H14O. The van der Waals surface area contributed by atoms with Gasteiger partial charge < -0.3 is 4.42 Å².